The minimum absolute atomic E-state index is 0.115. The van der Waals surface area contributed by atoms with Gasteiger partial charge in [0.25, 0.3) is 0 Å². The zero-order valence-electron chi connectivity index (χ0n) is 17.9. The highest BCUT2D eigenvalue weighted by molar-refractivity contribution is 9.13. The smallest absolute Gasteiger partial charge is 0.0694 e. The van der Waals surface area contributed by atoms with Gasteiger partial charge in [0.2, 0.25) is 0 Å². The van der Waals surface area contributed by atoms with Gasteiger partial charge in [0.05, 0.1) is 15.5 Å². The van der Waals surface area contributed by atoms with Crippen LogP contribution in [-0.4, -0.2) is 4.57 Å². The predicted molar refractivity (Wildman–Crippen MR) is 134 cm³/mol. The van der Waals surface area contributed by atoms with Crippen LogP contribution in [0.4, 0.5) is 0 Å². The molecular formula is C26H27Br2N. The summed E-state index contributed by atoms with van der Waals surface area (Å²) in [5.74, 6) is 0. The molecule has 4 rings (SSSR count). The van der Waals surface area contributed by atoms with Crippen LogP contribution in [0.15, 0.2) is 63.5 Å². The fourth-order valence-electron chi connectivity index (χ4n) is 3.89. The molecule has 0 fully saturated rings. The molecule has 1 nitrogen and oxygen atoms in total. The van der Waals surface area contributed by atoms with Gasteiger partial charge in [-0.2, -0.15) is 0 Å². The molecule has 0 saturated carbocycles. The van der Waals surface area contributed by atoms with Crippen LogP contribution in [0.2, 0.25) is 0 Å². The maximum Gasteiger partial charge on any atom is 0.0694 e. The molecule has 0 aliphatic heterocycles. The van der Waals surface area contributed by atoms with Crippen LogP contribution >= 0.6 is 31.9 Å². The Hall–Kier alpha value is -1.58. The molecule has 4 aromatic rings. The lowest BCUT2D eigenvalue weighted by molar-refractivity contribution is 0.590. The largest absolute Gasteiger partial charge is 0.308 e. The molecule has 29 heavy (non-hydrogen) atoms. The molecule has 3 heteroatoms. The van der Waals surface area contributed by atoms with Gasteiger partial charge in [0, 0.05) is 20.9 Å². The van der Waals surface area contributed by atoms with Crippen LogP contribution in [0.5, 0.6) is 0 Å². The first kappa shape index (κ1) is 20.7. The van der Waals surface area contributed by atoms with E-state index < -0.39 is 0 Å². The Morgan fingerprint density at radius 2 is 1.24 bits per heavy atom. The number of aromatic nitrogens is 1. The molecular weight excluding hydrogens is 486 g/mol. The van der Waals surface area contributed by atoms with Crippen LogP contribution in [0.25, 0.3) is 27.5 Å². The van der Waals surface area contributed by atoms with Crippen molar-refractivity contribution in [3.63, 3.8) is 0 Å². The first-order valence-electron chi connectivity index (χ1n) is 10.0. The van der Waals surface area contributed by atoms with E-state index in [-0.39, 0.29) is 10.8 Å². The summed E-state index contributed by atoms with van der Waals surface area (Å²) in [4.78, 5) is 0. The SMILES string of the molecule is CC(C)(C)c1ccc(-n2c3ccc(C(C)(C)C)cc3c3ccc(Br)c(Br)c32)cc1. The molecule has 150 valence electrons. The van der Waals surface area contributed by atoms with E-state index in [4.69, 9.17) is 0 Å². The number of nitrogens with zero attached hydrogens (tertiary/aromatic N) is 1. The highest BCUT2D eigenvalue weighted by atomic mass is 79.9. The lowest BCUT2D eigenvalue weighted by Crippen LogP contribution is -2.11. The standard InChI is InChI=1S/C26H27Br2N/c1-25(2,3)16-7-10-18(11-8-16)29-22-14-9-17(26(4,5)6)15-20(22)19-12-13-21(27)23(28)24(19)29/h7-15H,1-6H3. The van der Waals surface area contributed by atoms with E-state index in [1.165, 1.54) is 38.6 Å². The van der Waals surface area contributed by atoms with Crippen molar-refractivity contribution >= 4 is 53.7 Å². The Labute approximate surface area is 190 Å². The molecule has 0 aliphatic rings. The van der Waals surface area contributed by atoms with Gasteiger partial charge >= 0.3 is 0 Å². The minimum Gasteiger partial charge on any atom is -0.308 e. The summed E-state index contributed by atoms with van der Waals surface area (Å²) in [6.45, 7) is 13.6. The second-order valence-corrected chi connectivity index (χ2v) is 11.5. The van der Waals surface area contributed by atoms with E-state index in [1.807, 2.05) is 0 Å². The topological polar surface area (TPSA) is 4.93 Å². The fourth-order valence-corrected chi connectivity index (χ4v) is 4.73. The summed E-state index contributed by atoms with van der Waals surface area (Å²) >= 11 is 7.55. The zero-order chi connectivity index (χ0) is 21.1. The second kappa shape index (κ2) is 6.99. The van der Waals surface area contributed by atoms with Crippen LogP contribution < -0.4 is 0 Å². The van der Waals surface area contributed by atoms with Crippen molar-refractivity contribution in [3.05, 3.63) is 74.7 Å². The lowest BCUT2D eigenvalue weighted by Gasteiger charge is -2.20. The molecule has 1 heterocycles. The second-order valence-electron chi connectivity index (χ2n) is 9.87. The Balaban J connectivity index is 2.07. The molecule has 0 atom stereocenters. The van der Waals surface area contributed by atoms with Crippen molar-refractivity contribution in [2.75, 3.05) is 0 Å². The van der Waals surface area contributed by atoms with Gasteiger partial charge in [-0.05, 0) is 84.1 Å². The van der Waals surface area contributed by atoms with Gasteiger partial charge in [0.15, 0.2) is 0 Å². The Kier molecular flexibility index (Phi) is 4.99. The van der Waals surface area contributed by atoms with E-state index in [9.17, 15) is 0 Å². The molecule has 3 aromatic carbocycles. The summed E-state index contributed by atoms with van der Waals surface area (Å²) in [6, 6.07) is 20.2. The van der Waals surface area contributed by atoms with Crippen LogP contribution in [-0.2, 0) is 10.8 Å². The first-order valence-corrected chi connectivity index (χ1v) is 11.6. The normalized spacial score (nSPS) is 12.8. The number of fused-ring (bicyclic) bond motifs is 3. The number of hydrogen-bond acceptors (Lipinski definition) is 0. The molecule has 0 radical (unpaired) electrons. The van der Waals surface area contributed by atoms with Gasteiger partial charge < -0.3 is 4.57 Å². The van der Waals surface area contributed by atoms with Crippen molar-refractivity contribution in [3.8, 4) is 5.69 Å². The van der Waals surface area contributed by atoms with Gasteiger partial charge in [-0.25, -0.2) is 0 Å². The Morgan fingerprint density at radius 1 is 0.655 bits per heavy atom. The van der Waals surface area contributed by atoms with Crippen molar-refractivity contribution < 1.29 is 0 Å². The number of hydrogen-bond donors (Lipinski definition) is 0. The third-order valence-corrected chi connectivity index (χ3v) is 7.67. The Morgan fingerprint density at radius 3 is 1.83 bits per heavy atom. The highest BCUT2D eigenvalue weighted by Crippen LogP contribution is 2.41. The maximum atomic E-state index is 3.84. The predicted octanol–water partition coefficient (Wildman–Crippen LogP) is 8.90. The highest BCUT2D eigenvalue weighted by Gasteiger charge is 2.20. The van der Waals surface area contributed by atoms with Crippen molar-refractivity contribution in [2.45, 2.75) is 52.4 Å². The maximum absolute atomic E-state index is 3.84. The molecule has 0 saturated heterocycles. The number of rotatable bonds is 1. The monoisotopic (exact) mass is 511 g/mol. The first-order chi connectivity index (χ1) is 13.5. The van der Waals surface area contributed by atoms with E-state index >= 15 is 0 Å². The van der Waals surface area contributed by atoms with Crippen LogP contribution in [0.1, 0.15) is 52.7 Å². The van der Waals surface area contributed by atoms with E-state index in [1.54, 1.807) is 0 Å². The van der Waals surface area contributed by atoms with Gasteiger partial charge in [-0.3, -0.25) is 0 Å². The summed E-state index contributed by atoms with van der Waals surface area (Å²) in [5, 5.41) is 2.56. The summed E-state index contributed by atoms with van der Waals surface area (Å²) in [6.07, 6.45) is 0. The number of halogens is 2. The molecule has 0 amide bonds. The zero-order valence-corrected chi connectivity index (χ0v) is 21.1. The average Bonchev–Trinajstić information content (AvgIpc) is 2.98. The van der Waals surface area contributed by atoms with E-state index in [2.05, 4.69) is 133 Å². The van der Waals surface area contributed by atoms with Gasteiger partial charge in [-0.1, -0.05) is 65.8 Å². The molecule has 0 bridgehead atoms. The van der Waals surface area contributed by atoms with E-state index in [0.717, 1.165) is 8.95 Å². The van der Waals surface area contributed by atoms with Crippen molar-refractivity contribution in [1.29, 1.82) is 0 Å². The van der Waals surface area contributed by atoms with Crippen molar-refractivity contribution in [2.24, 2.45) is 0 Å². The van der Waals surface area contributed by atoms with Gasteiger partial charge in [0.1, 0.15) is 0 Å². The lowest BCUT2D eigenvalue weighted by atomic mass is 9.86. The van der Waals surface area contributed by atoms with Crippen LogP contribution in [0, 0.1) is 0 Å². The molecule has 1 aromatic heterocycles. The third-order valence-electron chi connectivity index (χ3n) is 5.68. The Bertz CT molecular complexity index is 1220. The number of benzene rings is 3. The van der Waals surface area contributed by atoms with Crippen LogP contribution in [0.3, 0.4) is 0 Å². The van der Waals surface area contributed by atoms with E-state index in [0.29, 0.717) is 0 Å². The average molecular weight is 513 g/mol. The molecule has 0 unspecified atom stereocenters. The third kappa shape index (κ3) is 3.57. The fraction of sp³-hybridized carbons (Fsp3) is 0.308. The summed E-state index contributed by atoms with van der Waals surface area (Å²) in [5.41, 5.74) is 6.57. The van der Waals surface area contributed by atoms with Gasteiger partial charge in [-0.15, -0.1) is 0 Å². The molecule has 0 spiro atoms. The summed E-state index contributed by atoms with van der Waals surface area (Å²) < 4.78 is 4.53. The van der Waals surface area contributed by atoms with Crippen molar-refractivity contribution in [1.82, 2.24) is 4.57 Å². The minimum atomic E-state index is 0.115. The quantitative estimate of drug-likeness (QED) is 0.240. The summed E-state index contributed by atoms with van der Waals surface area (Å²) in [7, 11) is 0. The molecule has 0 aliphatic carbocycles. The molecule has 0 N–H and O–H groups in total.